The second-order valence-electron chi connectivity index (χ2n) is 6.02. The Morgan fingerprint density at radius 1 is 1.10 bits per heavy atom. The number of carbonyl (C=O) groups excluding carboxylic acids is 2. The van der Waals surface area contributed by atoms with Crippen LogP contribution < -0.4 is 0 Å². The van der Waals surface area contributed by atoms with Gasteiger partial charge in [0.2, 0.25) is 0 Å². The van der Waals surface area contributed by atoms with Crippen LogP contribution in [-0.4, -0.2) is 25.2 Å². The van der Waals surface area contributed by atoms with Crippen molar-refractivity contribution in [2.45, 2.75) is 34.1 Å². The average Bonchev–Trinajstić information content (AvgIpc) is 2.50. The zero-order chi connectivity index (χ0) is 15.9. The fourth-order valence-electron chi connectivity index (χ4n) is 1.54. The summed E-state index contributed by atoms with van der Waals surface area (Å²) in [4.78, 5) is 23.5. The van der Waals surface area contributed by atoms with Crippen LogP contribution >= 0.6 is 0 Å². The molecular weight excluding hydrogens is 268 g/mol. The number of hydrogen-bond donors (Lipinski definition) is 0. The molecule has 4 heteroatoms. The first-order valence-electron chi connectivity index (χ1n) is 7.24. The van der Waals surface area contributed by atoms with Crippen LogP contribution in [0.25, 0.3) is 0 Å². The molecule has 0 N–H and O–H groups in total. The van der Waals surface area contributed by atoms with Gasteiger partial charge in [0.1, 0.15) is 0 Å². The smallest absolute Gasteiger partial charge is 0.338 e. The van der Waals surface area contributed by atoms with Gasteiger partial charge in [0.25, 0.3) is 0 Å². The first-order valence-corrected chi connectivity index (χ1v) is 7.24. The van der Waals surface area contributed by atoms with Crippen LogP contribution in [0.3, 0.4) is 0 Å². The Kier molecular flexibility index (Phi) is 6.40. The van der Waals surface area contributed by atoms with Crippen molar-refractivity contribution in [1.29, 1.82) is 0 Å². The molecule has 0 radical (unpaired) electrons. The van der Waals surface area contributed by atoms with Gasteiger partial charge in [-0.2, -0.15) is 0 Å². The molecule has 1 rings (SSSR count). The summed E-state index contributed by atoms with van der Waals surface area (Å²) in [5.41, 5.74) is 0.109. The molecule has 21 heavy (non-hydrogen) atoms. The van der Waals surface area contributed by atoms with E-state index in [0.29, 0.717) is 5.56 Å². The minimum Gasteiger partial charge on any atom is -0.465 e. The summed E-state index contributed by atoms with van der Waals surface area (Å²) >= 11 is 0. The van der Waals surface area contributed by atoms with Gasteiger partial charge in [-0.1, -0.05) is 45.9 Å². The lowest BCUT2D eigenvalue weighted by atomic mass is 9.96. The Balaban J connectivity index is 2.42. The van der Waals surface area contributed by atoms with E-state index in [4.69, 9.17) is 9.47 Å². The molecular formula is C17H24O4. The van der Waals surface area contributed by atoms with Crippen molar-refractivity contribution in [3.8, 4) is 0 Å². The highest BCUT2D eigenvalue weighted by Gasteiger charge is 2.24. The molecule has 0 amide bonds. The van der Waals surface area contributed by atoms with Crippen molar-refractivity contribution >= 4 is 11.9 Å². The summed E-state index contributed by atoms with van der Waals surface area (Å²) in [6, 6.07) is 8.83. The molecule has 1 unspecified atom stereocenters. The highest BCUT2D eigenvalue weighted by molar-refractivity contribution is 5.89. The number of ether oxygens (including phenoxy) is 2. The number of esters is 2. The first-order chi connectivity index (χ1) is 9.85. The van der Waals surface area contributed by atoms with Crippen molar-refractivity contribution < 1.29 is 19.1 Å². The lowest BCUT2D eigenvalue weighted by molar-refractivity contribution is -0.151. The van der Waals surface area contributed by atoms with E-state index in [9.17, 15) is 9.59 Å². The van der Waals surface area contributed by atoms with E-state index < -0.39 is 5.41 Å². The SMILES string of the molecule is CCC(C)C(=O)OCC(C)(C)COC(=O)c1ccccc1. The van der Waals surface area contributed by atoms with E-state index in [1.54, 1.807) is 24.3 Å². The molecule has 1 aromatic carbocycles. The van der Waals surface area contributed by atoms with E-state index in [1.807, 2.05) is 33.8 Å². The van der Waals surface area contributed by atoms with Gasteiger partial charge in [-0.05, 0) is 18.6 Å². The minimum atomic E-state index is -0.409. The number of benzene rings is 1. The maximum absolute atomic E-state index is 11.9. The van der Waals surface area contributed by atoms with Gasteiger partial charge in [0, 0.05) is 5.41 Å². The fourth-order valence-corrected chi connectivity index (χ4v) is 1.54. The Bertz CT molecular complexity index is 465. The largest absolute Gasteiger partial charge is 0.465 e. The van der Waals surface area contributed by atoms with E-state index in [2.05, 4.69) is 0 Å². The van der Waals surface area contributed by atoms with Crippen molar-refractivity contribution in [1.82, 2.24) is 0 Å². The fraction of sp³-hybridized carbons (Fsp3) is 0.529. The topological polar surface area (TPSA) is 52.6 Å². The second-order valence-corrected chi connectivity index (χ2v) is 6.02. The lowest BCUT2D eigenvalue weighted by Crippen LogP contribution is -2.29. The van der Waals surface area contributed by atoms with Crippen molar-refractivity contribution in [3.05, 3.63) is 35.9 Å². The molecule has 0 heterocycles. The summed E-state index contributed by atoms with van der Waals surface area (Å²) in [6.45, 7) is 8.01. The molecule has 0 saturated carbocycles. The van der Waals surface area contributed by atoms with Gasteiger partial charge < -0.3 is 9.47 Å². The molecule has 0 aliphatic rings. The van der Waals surface area contributed by atoms with Crippen LogP contribution in [-0.2, 0) is 14.3 Å². The molecule has 0 aliphatic heterocycles. The molecule has 116 valence electrons. The standard InChI is InChI=1S/C17H24O4/c1-5-13(2)15(18)20-11-17(3,4)12-21-16(19)14-9-7-6-8-10-14/h6-10,13H,5,11-12H2,1-4H3. The second kappa shape index (κ2) is 7.81. The molecule has 0 aliphatic carbocycles. The molecule has 0 saturated heterocycles. The van der Waals surface area contributed by atoms with E-state index in [0.717, 1.165) is 6.42 Å². The first kappa shape index (κ1) is 17.2. The van der Waals surface area contributed by atoms with Crippen molar-refractivity contribution in [2.75, 3.05) is 13.2 Å². The number of rotatable bonds is 7. The zero-order valence-electron chi connectivity index (χ0n) is 13.2. The summed E-state index contributed by atoms with van der Waals surface area (Å²) < 4.78 is 10.5. The van der Waals surface area contributed by atoms with Crippen LogP contribution in [0.5, 0.6) is 0 Å². The van der Waals surface area contributed by atoms with Crippen LogP contribution in [0, 0.1) is 11.3 Å². The Labute approximate surface area is 126 Å². The molecule has 0 bridgehead atoms. The van der Waals surface area contributed by atoms with E-state index in [1.165, 1.54) is 0 Å². The molecule has 0 aromatic heterocycles. The molecule has 4 nitrogen and oxygen atoms in total. The van der Waals surface area contributed by atoms with Crippen LogP contribution in [0.1, 0.15) is 44.5 Å². The highest BCUT2D eigenvalue weighted by Crippen LogP contribution is 2.18. The van der Waals surface area contributed by atoms with Gasteiger partial charge in [0.15, 0.2) is 0 Å². The van der Waals surface area contributed by atoms with Crippen LogP contribution in [0.15, 0.2) is 30.3 Å². The summed E-state index contributed by atoms with van der Waals surface area (Å²) in [5.74, 6) is -0.676. The third-order valence-electron chi connectivity index (χ3n) is 3.22. The lowest BCUT2D eigenvalue weighted by Gasteiger charge is -2.24. The third kappa shape index (κ3) is 5.98. The van der Waals surface area contributed by atoms with Gasteiger partial charge >= 0.3 is 11.9 Å². The predicted molar refractivity (Wildman–Crippen MR) is 80.9 cm³/mol. The van der Waals surface area contributed by atoms with Crippen LogP contribution in [0.2, 0.25) is 0 Å². The molecule has 1 aromatic rings. The predicted octanol–water partition coefficient (Wildman–Crippen LogP) is 3.46. The normalized spacial score (nSPS) is 12.6. The van der Waals surface area contributed by atoms with Crippen LogP contribution in [0.4, 0.5) is 0 Å². The molecule has 0 fully saturated rings. The number of carbonyl (C=O) groups is 2. The summed E-state index contributed by atoms with van der Waals surface area (Å²) in [7, 11) is 0. The van der Waals surface area contributed by atoms with Gasteiger partial charge in [-0.25, -0.2) is 4.79 Å². The summed E-state index contributed by atoms with van der Waals surface area (Å²) in [6.07, 6.45) is 0.752. The minimum absolute atomic E-state index is 0.104. The van der Waals surface area contributed by atoms with Gasteiger partial charge in [0.05, 0.1) is 24.7 Å². The maximum Gasteiger partial charge on any atom is 0.338 e. The van der Waals surface area contributed by atoms with Crippen molar-refractivity contribution in [2.24, 2.45) is 11.3 Å². The monoisotopic (exact) mass is 292 g/mol. The average molecular weight is 292 g/mol. The highest BCUT2D eigenvalue weighted by atomic mass is 16.5. The molecule has 1 atom stereocenters. The van der Waals surface area contributed by atoms with Gasteiger partial charge in [-0.3, -0.25) is 4.79 Å². The van der Waals surface area contributed by atoms with Gasteiger partial charge in [-0.15, -0.1) is 0 Å². The Hall–Kier alpha value is -1.84. The summed E-state index contributed by atoms with van der Waals surface area (Å²) in [5, 5.41) is 0. The third-order valence-corrected chi connectivity index (χ3v) is 3.22. The van der Waals surface area contributed by atoms with E-state index >= 15 is 0 Å². The Morgan fingerprint density at radius 3 is 2.24 bits per heavy atom. The van der Waals surface area contributed by atoms with E-state index in [-0.39, 0.29) is 31.1 Å². The van der Waals surface area contributed by atoms with Crippen molar-refractivity contribution in [3.63, 3.8) is 0 Å². The zero-order valence-corrected chi connectivity index (χ0v) is 13.2. The molecule has 0 spiro atoms. The maximum atomic E-state index is 11.9. The Morgan fingerprint density at radius 2 is 1.67 bits per heavy atom. The quantitative estimate of drug-likeness (QED) is 0.722. The number of hydrogen-bond acceptors (Lipinski definition) is 4.